The molecule has 0 heterocycles. The minimum Gasteiger partial charge on any atom is -0.310 e. The largest absolute Gasteiger partial charge is 0.310 e. The summed E-state index contributed by atoms with van der Waals surface area (Å²) < 4.78 is 2.27. The fourth-order valence-electron chi connectivity index (χ4n) is 2.18. The summed E-state index contributed by atoms with van der Waals surface area (Å²) in [7, 11) is 0. The van der Waals surface area contributed by atoms with Crippen LogP contribution in [0.3, 0.4) is 0 Å². The molecule has 0 aliphatic carbocycles. The molecule has 1 unspecified atom stereocenters. The van der Waals surface area contributed by atoms with Crippen LogP contribution >= 0.6 is 50.1 Å². The van der Waals surface area contributed by atoms with Crippen molar-refractivity contribution >= 4 is 50.1 Å². The van der Waals surface area contributed by atoms with Gasteiger partial charge in [-0.15, -0.1) is 0 Å². The first kappa shape index (κ1) is 16.3. The van der Waals surface area contributed by atoms with Crippen molar-refractivity contribution in [1.29, 1.82) is 0 Å². The highest BCUT2D eigenvalue weighted by Gasteiger charge is 2.14. The van der Waals surface area contributed by atoms with Gasteiger partial charge in [-0.1, -0.05) is 52.7 Å². The summed E-state index contributed by atoms with van der Waals surface area (Å²) in [6, 6.07) is 15.0. The fraction of sp³-hybridized carbons (Fsp3) is 0.250. The van der Waals surface area contributed by atoms with Crippen molar-refractivity contribution in [3.63, 3.8) is 0 Å². The molecule has 2 aromatic carbocycles. The highest BCUT2D eigenvalue weighted by molar-refractivity contribution is 14.1. The van der Waals surface area contributed by atoms with Gasteiger partial charge in [-0.25, -0.2) is 0 Å². The van der Waals surface area contributed by atoms with Crippen LogP contribution in [0.5, 0.6) is 0 Å². The van der Waals surface area contributed by atoms with E-state index in [1.54, 1.807) is 0 Å². The second kappa shape index (κ2) is 7.78. The average Bonchev–Trinajstić information content (AvgIpc) is 2.41. The lowest BCUT2D eigenvalue weighted by Gasteiger charge is -2.20. The first-order valence-electron chi connectivity index (χ1n) is 6.53. The van der Waals surface area contributed by atoms with Crippen LogP contribution in [0.2, 0.25) is 5.02 Å². The number of benzene rings is 2. The molecule has 0 aliphatic heterocycles. The summed E-state index contributed by atoms with van der Waals surface area (Å²) in [6.07, 6.45) is 0.937. The fourth-order valence-corrected chi connectivity index (χ4v) is 3.34. The van der Waals surface area contributed by atoms with E-state index in [1.807, 2.05) is 12.1 Å². The molecule has 0 fully saturated rings. The SMILES string of the molecule is CCNC(Cc1ccc(I)cc1)c1ccc(Br)cc1Cl. The van der Waals surface area contributed by atoms with Crippen LogP contribution < -0.4 is 5.32 Å². The Labute approximate surface area is 147 Å². The molecule has 0 saturated carbocycles. The average molecular weight is 465 g/mol. The summed E-state index contributed by atoms with van der Waals surface area (Å²) >= 11 is 12.2. The van der Waals surface area contributed by atoms with Crippen molar-refractivity contribution in [2.75, 3.05) is 6.54 Å². The lowest BCUT2D eigenvalue weighted by atomic mass is 9.99. The first-order valence-corrected chi connectivity index (χ1v) is 8.78. The molecule has 0 amide bonds. The highest BCUT2D eigenvalue weighted by atomic mass is 127. The normalized spacial score (nSPS) is 12.4. The Kier molecular flexibility index (Phi) is 6.33. The summed E-state index contributed by atoms with van der Waals surface area (Å²) in [6.45, 7) is 3.04. The predicted molar refractivity (Wildman–Crippen MR) is 98.4 cm³/mol. The van der Waals surface area contributed by atoms with Crippen molar-refractivity contribution in [1.82, 2.24) is 5.32 Å². The van der Waals surface area contributed by atoms with E-state index in [1.165, 1.54) is 9.13 Å². The Bertz CT molecular complexity index is 571. The maximum absolute atomic E-state index is 6.38. The van der Waals surface area contributed by atoms with Gasteiger partial charge in [-0.2, -0.15) is 0 Å². The molecule has 0 bridgehead atoms. The minimum absolute atomic E-state index is 0.237. The van der Waals surface area contributed by atoms with Crippen LogP contribution in [0.1, 0.15) is 24.1 Å². The van der Waals surface area contributed by atoms with Crippen molar-refractivity contribution in [3.8, 4) is 0 Å². The second-order valence-corrected chi connectivity index (χ2v) is 7.18. The second-order valence-electron chi connectivity index (χ2n) is 4.61. The molecule has 1 N–H and O–H groups in total. The van der Waals surface area contributed by atoms with Gasteiger partial charge < -0.3 is 5.32 Å². The number of nitrogens with one attached hydrogen (secondary N) is 1. The summed E-state index contributed by atoms with van der Waals surface area (Å²) in [4.78, 5) is 0. The van der Waals surface area contributed by atoms with Gasteiger partial charge in [0.1, 0.15) is 0 Å². The van der Waals surface area contributed by atoms with Crippen LogP contribution in [0.15, 0.2) is 46.9 Å². The van der Waals surface area contributed by atoms with Gasteiger partial charge >= 0.3 is 0 Å². The molecule has 2 aromatic rings. The van der Waals surface area contributed by atoms with Crippen molar-refractivity contribution in [3.05, 3.63) is 66.7 Å². The number of halogens is 3. The molecule has 0 aromatic heterocycles. The molecule has 0 aliphatic rings. The third-order valence-corrected chi connectivity index (χ3v) is 4.68. The molecule has 1 nitrogen and oxygen atoms in total. The predicted octanol–water partition coefficient (Wildman–Crippen LogP) is 5.60. The van der Waals surface area contributed by atoms with Gasteiger partial charge in [-0.3, -0.25) is 0 Å². The van der Waals surface area contributed by atoms with Gasteiger partial charge in [0.15, 0.2) is 0 Å². The lowest BCUT2D eigenvalue weighted by molar-refractivity contribution is 0.550. The molecule has 0 saturated heterocycles. The van der Waals surface area contributed by atoms with Gasteiger partial charge in [0, 0.05) is 19.1 Å². The zero-order valence-corrected chi connectivity index (χ0v) is 15.7. The molecule has 0 spiro atoms. The van der Waals surface area contributed by atoms with E-state index < -0.39 is 0 Å². The lowest BCUT2D eigenvalue weighted by Crippen LogP contribution is -2.23. The Morgan fingerprint density at radius 2 is 1.90 bits per heavy atom. The maximum atomic E-state index is 6.38. The monoisotopic (exact) mass is 463 g/mol. The van der Waals surface area contributed by atoms with Gasteiger partial charge in [0.2, 0.25) is 0 Å². The molecule has 4 heteroatoms. The third-order valence-electron chi connectivity index (χ3n) is 3.14. The van der Waals surface area contributed by atoms with E-state index in [9.17, 15) is 0 Å². The number of hydrogen-bond acceptors (Lipinski definition) is 1. The van der Waals surface area contributed by atoms with Crippen LogP contribution in [0, 0.1) is 3.57 Å². The maximum Gasteiger partial charge on any atom is 0.0465 e. The van der Waals surface area contributed by atoms with E-state index >= 15 is 0 Å². The van der Waals surface area contributed by atoms with Gasteiger partial charge in [0.05, 0.1) is 0 Å². The van der Waals surface area contributed by atoms with E-state index in [2.05, 4.69) is 81.1 Å². The van der Waals surface area contributed by atoms with E-state index in [0.717, 1.165) is 28.0 Å². The van der Waals surface area contributed by atoms with E-state index in [4.69, 9.17) is 11.6 Å². The van der Waals surface area contributed by atoms with Crippen molar-refractivity contribution in [2.24, 2.45) is 0 Å². The molecular weight excluding hydrogens is 448 g/mol. The minimum atomic E-state index is 0.237. The van der Waals surface area contributed by atoms with E-state index in [0.29, 0.717) is 0 Å². The summed E-state index contributed by atoms with van der Waals surface area (Å²) in [5.74, 6) is 0. The van der Waals surface area contributed by atoms with Crippen molar-refractivity contribution in [2.45, 2.75) is 19.4 Å². The van der Waals surface area contributed by atoms with Crippen LogP contribution in [0.4, 0.5) is 0 Å². The van der Waals surface area contributed by atoms with Crippen LogP contribution in [-0.4, -0.2) is 6.54 Å². The highest BCUT2D eigenvalue weighted by Crippen LogP contribution is 2.28. The number of rotatable bonds is 5. The molecule has 106 valence electrons. The van der Waals surface area contributed by atoms with E-state index in [-0.39, 0.29) is 6.04 Å². The first-order chi connectivity index (χ1) is 9.60. The topological polar surface area (TPSA) is 12.0 Å². The molecule has 2 rings (SSSR count). The summed E-state index contributed by atoms with van der Waals surface area (Å²) in [5, 5.41) is 4.32. The third kappa shape index (κ3) is 4.45. The molecule has 20 heavy (non-hydrogen) atoms. The van der Waals surface area contributed by atoms with Crippen molar-refractivity contribution < 1.29 is 0 Å². The zero-order valence-electron chi connectivity index (χ0n) is 11.2. The van der Waals surface area contributed by atoms with Gasteiger partial charge in [-0.05, 0) is 70.9 Å². The molecule has 0 radical (unpaired) electrons. The van der Waals surface area contributed by atoms with Crippen LogP contribution in [0.25, 0.3) is 0 Å². The zero-order chi connectivity index (χ0) is 14.5. The Hall–Kier alpha value is -0.100. The quantitative estimate of drug-likeness (QED) is 0.568. The standard InChI is InChI=1S/C16H16BrClIN/c1-2-20-16(9-11-3-6-13(19)7-4-11)14-8-5-12(17)10-15(14)18/h3-8,10,16,20H,2,9H2,1H3. The molecular formula is C16H16BrClIN. The van der Waals surface area contributed by atoms with Gasteiger partial charge in [0.25, 0.3) is 0 Å². The number of likely N-dealkylation sites (N-methyl/N-ethyl adjacent to an activating group) is 1. The summed E-state index contributed by atoms with van der Waals surface area (Å²) in [5.41, 5.74) is 2.46. The van der Waals surface area contributed by atoms with Crippen LogP contribution in [-0.2, 0) is 6.42 Å². The molecule has 1 atom stereocenters. The Morgan fingerprint density at radius 1 is 1.20 bits per heavy atom. The Morgan fingerprint density at radius 3 is 2.50 bits per heavy atom. The number of hydrogen-bond donors (Lipinski definition) is 1. The Balaban J connectivity index is 2.24. The smallest absolute Gasteiger partial charge is 0.0465 e.